The van der Waals surface area contributed by atoms with E-state index in [1.54, 1.807) is 43.5 Å². The fourth-order valence-corrected chi connectivity index (χ4v) is 4.48. The van der Waals surface area contributed by atoms with Gasteiger partial charge in [-0.2, -0.15) is 0 Å². The maximum Gasteiger partial charge on any atom is 0.269 e. The van der Waals surface area contributed by atoms with Gasteiger partial charge in [0.2, 0.25) is 0 Å². The molecule has 0 radical (unpaired) electrons. The Bertz CT molecular complexity index is 1310. The van der Waals surface area contributed by atoms with Gasteiger partial charge in [-0.3, -0.25) is 14.9 Å². The molecule has 0 unspecified atom stereocenters. The molecule has 0 saturated carbocycles. The molecule has 1 aliphatic heterocycles. The number of hydrogen-bond donors (Lipinski definition) is 1. The number of aromatic amines is 1. The Kier molecular flexibility index (Phi) is 4.86. The van der Waals surface area contributed by atoms with E-state index in [9.17, 15) is 14.9 Å². The van der Waals surface area contributed by atoms with Crippen LogP contribution in [0.3, 0.4) is 0 Å². The molecule has 4 aromatic rings. The standard InChI is InChI=1S/C25H21N3O4/c1-32-19-12-8-17(9-13-19)25(29)27-15-14-21-20-4-2-3-5-22(20)26-23(21)24(27)16-6-10-18(11-7-16)28(30)31/h2-13,24,26H,14-15H2,1H3/t24-/m1/s1. The molecule has 1 aliphatic rings. The molecule has 0 fully saturated rings. The largest absolute Gasteiger partial charge is 0.497 e. The molecule has 7 nitrogen and oxygen atoms in total. The molecule has 0 saturated heterocycles. The third-order valence-electron chi connectivity index (χ3n) is 6.05. The number of nitrogens with zero attached hydrogens (tertiary/aromatic N) is 2. The van der Waals surface area contributed by atoms with Gasteiger partial charge in [0, 0.05) is 40.8 Å². The number of para-hydroxylation sites is 1. The highest BCUT2D eigenvalue weighted by molar-refractivity contribution is 5.95. The number of non-ortho nitro benzene ring substituents is 1. The van der Waals surface area contributed by atoms with Gasteiger partial charge in [-0.1, -0.05) is 18.2 Å². The predicted molar refractivity (Wildman–Crippen MR) is 121 cm³/mol. The Morgan fingerprint density at radius 3 is 2.47 bits per heavy atom. The molecule has 1 N–H and O–H groups in total. The second kappa shape index (κ2) is 7.85. The van der Waals surface area contributed by atoms with Crippen molar-refractivity contribution in [1.29, 1.82) is 0 Å². The van der Waals surface area contributed by atoms with Gasteiger partial charge in [-0.15, -0.1) is 0 Å². The number of benzene rings is 3. The summed E-state index contributed by atoms with van der Waals surface area (Å²) < 4.78 is 5.21. The molecular formula is C25H21N3O4. The summed E-state index contributed by atoms with van der Waals surface area (Å²) in [4.78, 5) is 29.6. The normalized spacial score (nSPS) is 15.4. The molecule has 7 heteroatoms. The maximum absolute atomic E-state index is 13.5. The van der Waals surface area contributed by atoms with Crippen LogP contribution < -0.4 is 4.74 Å². The van der Waals surface area contributed by atoms with Gasteiger partial charge in [0.05, 0.1) is 18.1 Å². The number of nitrogens with one attached hydrogen (secondary N) is 1. The summed E-state index contributed by atoms with van der Waals surface area (Å²) in [5.74, 6) is 0.588. The van der Waals surface area contributed by atoms with Crippen molar-refractivity contribution in [2.45, 2.75) is 12.5 Å². The Labute approximate surface area is 184 Å². The van der Waals surface area contributed by atoms with Crippen molar-refractivity contribution >= 4 is 22.5 Å². The molecule has 5 rings (SSSR count). The molecule has 1 amide bonds. The van der Waals surface area contributed by atoms with Crippen molar-refractivity contribution < 1.29 is 14.5 Å². The van der Waals surface area contributed by atoms with Crippen LogP contribution in [-0.2, 0) is 6.42 Å². The number of rotatable bonds is 4. The highest BCUT2D eigenvalue weighted by Gasteiger charge is 2.35. The minimum absolute atomic E-state index is 0.0226. The van der Waals surface area contributed by atoms with Crippen molar-refractivity contribution in [2.75, 3.05) is 13.7 Å². The van der Waals surface area contributed by atoms with Crippen LogP contribution in [0, 0.1) is 10.1 Å². The van der Waals surface area contributed by atoms with E-state index in [-0.39, 0.29) is 17.6 Å². The summed E-state index contributed by atoms with van der Waals surface area (Å²) in [6.07, 6.45) is 0.727. The van der Waals surface area contributed by atoms with Crippen molar-refractivity contribution in [3.8, 4) is 5.75 Å². The number of amides is 1. The van der Waals surface area contributed by atoms with E-state index < -0.39 is 4.92 Å². The predicted octanol–water partition coefficient (Wildman–Crippen LogP) is 4.87. The average Bonchev–Trinajstić information content (AvgIpc) is 3.22. The van der Waals surface area contributed by atoms with Gasteiger partial charge in [-0.05, 0) is 60.0 Å². The van der Waals surface area contributed by atoms with Crippen LogP contribution in [0.4, 0.5) is 5.69 Å². The first-order chi connectivity index (χ1) is 15.6. The number of methoxy groups -OCH3 is 1. The van der Waals surface area contributed by atoms with E-state index in [0.29, 0.717) is 17.9 Å². The van der Waals surface area contributed by atoms with Gasteiger partial charge in [0.1, 0.15) is 5.75 Å². The molecule has 0 aliphatic carbocycles. The minimum atomic E-state index is -0.417. The summed E-state index contributed by atoms with van der Waals surface area (Å²) >= 11 is 0. The van der Waals surface area contributed by atoms with Gasteiger partial charge in [-0.25, -0.2) is 0 Å². The van der Waals surface area contributed by atoms with E-state index in [2.05, 4.69) is 11.1 Å². The molecule has 2 heterocycles. The number of fused-ring (bicyclic) bond motifs is 3. The van der Waals surface area contributed by atoms with Gasteiger partial charge >= 0.3 is 0 Å². The lowest BCUT2D eigenvalue weighted by Crippen LogP contribution is -2.40. The molecule has 0 bridgehead atoms. The summed E-state index contributed by atoms with van der Waals surface area (Å²) in [7, 11) is 1.59. The first-order valence-corrected chi connectivity index (χ1v) is 10.4. The smallest absolute Gasteiger partial charge is 0.269 e. The van der Waals surface area contributed by atoms with Gasteiger partial charge in [0.25, 0.3) is 11.6 Å². The Morgan fingerprint density at radius 2 is 1.78 bits per heavy atom. The van der Waals surface area contributed by atoms with E-state index in [0.717, 1.165) is 28.6 Å². The third kappa shape index (κ3) is 3.28. The van der Waals surface area contributed by atoms with Crippen LogP contribution in [0.15, 0.2) is 72.8 Å². The zero-order chi connectivity index (χ0) is 22.2. The van der Waals surface area contributed by atoms with Crippen LogP contribution in [0.1, 0.15) is 33.2 Å². The second-order valence-electron chi connectivity index (χ2n) is 7.79. The fraction of sp³-hybridized carbons (Fsp3) is 0.160. The van der Waals surface area contributed by atoms with Crippen molar-refractivity contribution in [3.63, 3.8) is 0 Å². The van der Waals surface area contributed by atoms with Crippen LogP contribution in [0.2, 0.25) is 0 Å². The van der Waals surface area contributed by atoms with E-state index in [1.807, 2.05) is 23.1 Å². The van der Waals surface area contributed by atoms with Crippen LogP contribution in [-0.4, -0.2) is 34.4 Å². The second-order valence-corrected chi connectivity index (χ2v) is 7.79. The monoisotopic (exact) mass is 427 g/mol. The van der Waals surface area contributed by atoms with Gasteiger partial charge in [0.15, 0.2) is 0 Å². The summed E-state index contributed by atoms with van der Waals surface area (Å²) in [6, 6.07) is 21.2. The zero-order valence-corrected chi connectivity index (χ0v) is 17.4. The summed E-state index contributed by atoms with van der Waals surface area (Å²) in [6.45, 7) is 0.543. The Hall–Kier alpha value is -4.13. The topological polar surface area (TPSA) is 88.5 Å². The number of aromatic nitrogens is 1. The van der Waals surface area contributed by atoms with E-state index >= 15 is 0 Å². The van der Waals surface area contributed by atoms with E-state index in [1.165, 1.54) is 17.7 Å². The number of hydrogen-bond acceptors (Lipinski definition) is 4. The van der Waals surface area contributed by atoms with Crippen LogP contribution in [0.25, 0.3) is 10.9 Å². The fourth-order valence-electron chi connectivity index (χ4n) is 4.48. The molecular weight excluding hydrogens is 406 g/mol. The van der Waals surface area contributed by atoms with Crippen LogP contribution in [0.5, 0.6) is 5.75 Å². The average molecular weight is 427 g/mol. The first kappa shape index (κ1) is 19.8. The van der Waals surface area contributed by atoms with Gasteiger partial charge < -0.3 is 14.6 Å². The number of nitro benzene ring substituents is 1. The zero-order valence-electron chi connectivity index (χ0n) is 17.4. The molecule has 0 spiro atoms. The molecule has 1 atom stereocenters. The quantitative estimate of drug-likeness (QED) is 0.372. The number of ether oxygens (including phenoxy) is 1. The maximum atomic E-state index is 13.5. The summed E-state index contributed by atoms with van der Waals surface area (Å²) in [5.41, 5.74) is 4.57. The number of nitro groups is 1. The molecule has 3 aromatic carbocycles. The Balaban J connectivity index is 1.62. The lowest BCUT2D eigenvalue weighted by Gasteiger charge is -2.36. The highest BCUT2D eigenvalue weighted by atomic mass is 16.6. The first-order valence-electron chi connectivity index (χ1n) is 10.4. The molecule has 32 heavy (non-hydrogen) atoms. The number of carbonyl (C=O) groups excluding carboxylic acids is 1. The van der Waals surface area contributed by atoms with E-state index in [4.69, 9.17) is 4.74 Å². The van der Waals surface area contributed by atoms with Crippen molar-refractivity contribution in [2.24, 2.45) is 0 Å². The van der Waals surface area contributed by atoms with Crippen molar-refractivity contribution in [3.05, 3.63) is 105 Å². The highest BCUT2D eigenvalue weighted by Crippen LogP contribution is 2.39. The minimum Gasteiger partial charge on any atom is -0.497 e. The number of carbonyl (C=O) groups is 1. The number of H-pyrrole nitrogens is 1. The molecule has 1 aromatic heterocycles. The molecule has 160 valence electrons. The summed E-state index contributed by atoms with van der Waals surface area (Å²) in [5, 5.41) is 12.3. The third-order valence-corrected chi connectivity index (χ3v) is 6.05. The Morgan fingerprint density at radius 1 is 1.06 bits per heavy atom. The van der Waals surface area contributed by atoms with Crippen molar-refractivity contribution in [1.82, 2.24) is 9.88 Å². The lowest BCUT2D eigenvalue weighted by atomic mass is 9.91. The van der Waals surface area contributed by atoms with Crippen LogP contribution >= 0.6 is 0 Å². The SMILES string of the molecule is COc1ccc(C(=O)N2CCc3c([nH]c4ccccc34)[C@H]2c2ccc([N+](=O)[O-])cc2)cc1. The lowest BCUT2D eigenvalue weighted by molar-refractivity contribution is -0.384.